The summed E-state index contributed by atoms with van der Waals surface area (Å²) in [6.45, 7) is 0.252. The number of anilines is 1. The third-order valence-electron chi connectivity index (χ3n) is 5.20. The van der Waals surface area contributed by atoms with Gasteiger partial charge in [0.2, 0.25) is 0 Å². The summed E-state index contributed by atoms with van der Waals surface area (Å²) >= 11 is 0. The van der Waals surface area contributed by atoms with E-state index in [2.05, 4.69) is 15.7 Å². The molecule has 2 fully saturated rings. The van der Waals surface area contributed by atoms with Crippen molar-refractivity contribution in [2.45, 2.75) is 44.0 Å². The Hall–Kier alpha value is -2.06. The summed E-state index contributed by atoms with van der Waals surface area (Å²) in [7, 11) is -1.56. The van der Waals surface area contributed by atoms with E-state index >= 15 is 4.39 Å². The van der Waals surface area contributed by atoms with Crippen LogP contribution < -0.4 is 15.9 Å². The Morgan fingerprint density at radius 1 is 1.36 bits per heavy atom. The molecule has 2 aromatic rings. The first kappa shape index (κ1) is 16.9. The van der Waals surface area contributed by atoms with Gasteiger partial charge in [0.05, 0.1) is 18.8 Å². The fourth-order valence-corrected chi connectivity index (χ4v) is 5.70. The number of nitrogens with zero attached hydrogens (tertiary/aromatic N) is 2. The number of nitrogens with one attached hydrogen (secondary N) is 1. The summed E-state index contributed by atoms with van der Waals surface area (Å²) in [5.74, 6) is 0. The van der Waals surface area contributed by atoms with Crippen molar-refractivity contribution >= 4 is 14.2 Å². The van der Waals surface area contributed by atoms with Crippen LogP contribution in [0.25, 0.3) is 0 Å². The number of ether oxygens (including phenoxy) is 1. The van der Waals surface area contributed by atoms with Gasteiger partial charge in [0.1, 0.15) is 6.10 Å². The van der Waals surface area contributed by atoms with Crippen LogP contribution in [0.3, 0.4) is 0 Å². The van der Waals surface area contributed by atoms with Crippen LogP contribution in [0.2, 0.25) is 0 Å². The van der Waals surface area contributed by atoms with E-state index in [0.717, 1.165) is 22.7 Å². The molecule has 0 amide bonds. The molecule has 3 aliphatic heterocycles. The van der Waals surface area contributed by atoms with Crippen molar-refractivity contribution in [2.75, 3.05) is 11.3 Å². The lowest BCUT2D eigenvalue weighted by atomic mass is 10.1. The number of hydrogen-bond acceptors (Lipinski definition) is 6. The topological polar surface area (TPSA) is 85.8 Å². The molecule has 8 nitrogen and oxygen atoms in total. The first-order valence-electron chi connectivity index (χ1n) is 9.64. The highest BCUT2D eigenvalue weighted by Gasteiger charge is 2.50. The van der Waals surface area contributed by atoms with Gasteiger partial charge in [-0.25, -0.2) is 9.18 Å². The molecule has 1 aromatic carbocycles. The van der Waals surface area contributed by atoms with Gasteiger partial charge >= 0.3 is 5.69 Å². The molecule has 5 rings (SSSR count). The summed E-state index contributed by atoms with van der Waals surface area (Å²) in [6.07, 6.45) is -2.87. The molecule has 3 aliphatic rings. The largest absolute Gasteiger partial charge is 0.349 e. The molecule has 0 bridgehead atoms. The number of hydrogen-bond donors (Lipinski definition) is 1. The molecule has 1 N–H and O–H groups in total. The number of benzene rings is 1. The van der Waals surface area contributed by atoms with E-state index in [4.69, 9.17) is 15.2 Å². The lowest BCUT2D eigenvalue weighted by molar-refractivity contribution is -0.0175. The number of rotatable bonds is 3. The Morgan fingerprint density at radius 3 is 3.04 bits per heavy atom. The molecule has 0 aliphatic carbocycles. The monoisotopic (exact) mass is 408 g/mol. The number of aromatic amines is 1. The molecule has 6 atom stereocenters. The van der Waals surface area contributed by atoms with Gasteiger partial charge in [0.25, 0.3) is 14.1 Å². The molecule has 28 heavy (non-hydrogen) atoms. The smallest absolute Gasteiger partial charge is 0.330 e. The van der Waals surface area contributed by atoms with E-state index in [1.165, 1.54) is 11.8 Å². The van der Waals surface area contributed by atoms with Crippen LogP contribution in [0.1, 0.15) is 20.1 Å². The number of aromatic nitrogens is 2. The second-order valence-corrected chi connectivity index (χ2v) is 8.34. The molecule has 4 unspecified atom stereocenters. The highest BCUT2D eigenvalue weighted by molar-refractivity contribution is 7.49. The molecule has 10 heteroatoms. The van der Waals surface area contributed by atoms with Gasteiger partial charge < -0.3 is 18.5 Å². The summed E-state index contributed by atoms with van der Waals surface area (Å²) in [6, 6.07) is 9.24. The average molecular weight is 408 g/mol. The predicted octanol–water partition coefficient (Wildman–Crippen LogP) is 1.87. The Kier molecular flexibility index (Phi) is 4.08. The zero-order valence-corrected chi connectivity index (χ0v) is 15.6. The predicted molar refractivity (Wildman–Crippen MR) is 100.0 cm³/mol. The van der Waals surface area contributed by atoms with E-state index in [1.807, 2.05) is 18.2 Å². The van der Waals surface area contributed by atoms with Gasteiger partial charge in [0.15, 0.2) is 12.4 Å². The number of para-hydroxylation sites is 1. The summed E-state index contributed by atoms with van der Waals surface area (Å²) in [4.78, 5) is 25.4. The fraction of sp³-hybridized carbons (Fsp3) is 0.444. The Labute approximate surface area is 162 Å². The number of alkyl halides is 1. The second-order valence-electron chi connectivity index (χ2n) is 6.96. The van der Waals surface area contributed by atoms with Crippen molar-refractivity contribution in [3.05, 3.63) is 62.9 Å². The van der Waals surface area contributed by atoms with Crippen LogP contribution >= 0.6 is 8.53 Å². The normalized spacial score (nSPS) is 34.3. The molecule has 148 valence electrons. The van der Waals surface area contributed by atoms with Gasteiger partial charge in [-0.15, -0.1) is 0 Å². The zero-order chi connectivity index (χ0) is 20.1. The van der Waals surface area contributed by atoms with Crippen LogP contribution in [0.5, 0.6) is 0 Å². The first-order valence-corrected chi connectivity index (χ1v) is 10.1. The maximum absolute atomic E-state index is 15.3. The van der Waals surface area contributed by atoms with Crippen molar-refractivity contribution in [2.24, 2.45) is 0 Å². The number of fused-ring (bicyclic) bond motifs is 3. The lowest BCUT2D eigenvalue weighted by Gasteiger charge is -2.27. The summed E-state index contributed by atoms with van der Waals surface area (Å²) in [5, 5.41) is 0. The summed E-state index contributed by atoms with van der Waals surface area (Å²) < 4.78 is 43.6. The number of halogens is 1. The van der Waals surface area contributed by atoms with Gasteiger partial charge in [0, 0.05) is 19.3 Å². The van der Waals surface area contributed by atoms with E-state index in [9.17, 15) is 9.59 Å². The van der Waals surface area contributed by atoms with Gasteiger partial charge in [-0.3, -0.25) is 14.3 Å². The SMILES string of the molecule is [2H]CC1OC(n2ccc(=O)[nH]c2=O)C(F)C1O[P@]1OC[C@@H]2Cc3ccccc3N21. The van der Waals surface area contributed by atoms with E-state index in [0.29, 0.717) is 6.61 Å². The highest BCUT2D eigenvalue weighted by Crippen LogP contribution is 2.58. The van der Waals surface area contributed by atoms with Crippen molar-refractivity contribution in [1.82, 2.24) is 9.55 Å². The maximum Gasteiger partial charge on any atom is 0.330 e. The van der Waals surface area contributed by atoms with Crippen LogP contribution in [0, 0.1) is 0 Å². The standard InChI is InChI=1S/C18H19FN3O5P/c1-10-16(15(19)17(26-10)21-7-6-14(23)20-18(21)24)27-28-22-12(9-25-28)8-11-4-2-3-5-13(11)22/h2-7,10,12,15-17H,8-9H2,1H3,(H,20,23,24)/t10?,12-,15?,16?,17?,28-/m0/s1/i1D. The minimum Gasteiger partial charge on any atom is -0.349 e. The minimum atomic E-state index is -1.70. The van der Waals surface area contributed by atoms with Gasteiger partial charge in [-0.1, -0.05) is 18.2 Å². The maximum atomic E-state index is 15.3. The quantitative estimate of drug-likeness (QED) is 0.781. The first-order chi connectivity index (χ1) is 14.1. The highest BCUT2D eigenvalue weighted by atomic mass is 31.2. The zero-order valence-electron chi connectivity index (χ0n) is 15.7. The van der Waals surface area contributed by atoms with Crippen LogP contribution in [0.15, 0.2) is 46.1 Å². The second kappa shape index (κ2) is 6.77. The molecule has 0 spiro atoms. The van der Waals surface area contributed by atoms with E-state index in [1.54, 1.807) is 0 Å². The molecule has 0 radical (unpaired) electrons. The van der Waals surface area contributed by atoms with Crippen molar-refractivity contribution in [3.8, 4) is 0 Å². The third kappa shape index (κ3) is 2.81. The van der Waals surface area contributed by atoms with Crippen molar-refractivity contribution in [3.63, 3.8) is 0 Å². The van der Waals surface area contributed by atoms with Gasteiger partial charge in [-0.2, -0.15) is 0 Å². The van der Waals surface area contributed by atoms with Crippen molar-refractivity contribution < 1.29 is 19.5 Å². The molecular weight excluding hydrogens is 388 g/mol. The van der Waals surface area contributed by atoms with Crippen molar-refractivity contribution in [1.29, 1.82) is 0 Å². The average Bonchev–Trinajstić information content (AvgIpc) is 3.36. The van der Waals surface area contributed by atoms with Crippen LogP contribution in [-0.2, 0) is 20.2 Å². The van der Waals surface area contributed by atoms with E-state index in [-0.39, 0.29) is 12.9 Å². The molecule has 0 saturated carbocycles. The van der Waals surface area contributed by atoms with Gasteiger partial charge in [-0.05, 0) is 25.0 Å². The molecule has 4 heterocycles. The lowest BCUT2D eigenvalue weighted by Crippen LogP contribution is -2.36. The third-order valence-corrected chi connectivity index (χ3v) is 6.88. The summed E-state index contributed by atoms with van der Waals surface area (Å²) in [5.41, 5.74) is 0.870. The Balaban J connectivity index is 1.39. The number of H-pyrrole nitrogens is 1. The minimum absolute atomic E-state index is 0.144. The van der Waals surface area contributed by atoms with Crippen LogP contribution in [0.4, 0.5) is 10.1 Å². The molecule has 1 aromatic heterocycles. The Morgan fingerprint density at radius 2 is 2.21 bits per heavy atom. The molecular formula is C18H19FN3O5P. The van der Waals surface area contributed by atoms with Crippen LogP contribution in [-0.4, -0.2) is 40.6 Å². The molecule has 2 saturated heterocycles. The fourth-order valence-electron chi connectivity index (χ4n) is 3.86. The van der Waals surface area contributed by atoms with E-state index < -0.39 is 44.4 Å². The Bertz CT molecular complexity index is 1030.